The fraction of sp³-hybridized carbons (Fsp3) is 0.571. The van der Waals surface area contributed by atoms with Crippen LogP contribution >= 0.6 is 11.6 Å². The van der Waals surface area contributed by atoms with Gasteiger partial charge in [-0.1, -0.05) is 30.7 Å². The Bertz CT molecular complexity index is 346. The SMILES string of the molecule is CCN(CCO)CCC(NC)c1cccc(Cl)c1. The number of halogens is 1. The molecule has 0 bridgehead atoms. The molecule has 2 N–H and O–H groups in total. The first kappa shape index (κ1) is 15.4. The molecule has 1 unspecified atom stereocenters. The summed E-state index contributed by atoms with van der Waals surface area (Å²) in [7, 11) is 1.97. The van der Waals surface area contributed by atoms with Crippen molar-refractivity contribution < 1.29 is 5.11 Å². The molecule has 1 aromatic rings. The molecule has 4 heteroatoms. The topological polar surface area (TPSA) is 35.5 Å². The van der Waals surface area contributed by atoms with Gasteiger partial charge in [-0.3, -0.25) is 0 Å². The van der Waals surface area contributed by atoms with Crippen LogP contribution < -0.4 is 5.32 Å². The van der Waals surface area contributed by atoms with Crippen molar-refractivity contribution in [3.63, 3.8) is 0 Å². The molecule has 0 saturated carbocycles. The van der Waals surface area contributed by atoms with Gasteiger partial charge in [-0.15, -0.1) is 0 Å². The van der Waals surface area contributed by atoms with E-state index < -0.39 is 0 Å². The van der Waals surface area contributed by atoms with Gasteiger partial charge in [-0.2, -0.15) is 0 Å². The van der Waals surface area contributed by atoms with Gasteiger partial charge in [-0.05, 0) is 37.7 Å². The van der Waals surface area contributed by atoms with Crippen LogP contribution in [0.25, 0.3) is 0 Å². The van der Waals surface area contributed by atoms with Crippen molar-refractivity contribution in [2.45, 2.75) is 19.4 Å². The van der Waals surface area contributed by atoms with Crippen molar-refractivity contribution in [1.82, 2.24) is 10.2 Å². The first-order chi connectivity index (χ1) is 8.71. The largest absolute Gasteiger partial charge is 0.395 e. The van der Waals surface area contributed by atoms with Gasteiger partial charge in [0.2, 0.25) is 0 Å². The number of aliphatic hydroxyl groups is 1. The summed E-state index contributed by atoms with van der Waals surface area (Å²) >= 11 is 6.01. The van der Waals surface area contributed by atoms with Gasteiger partial charge in [-0.25, -0.2) is 0 Å². The summed E-state index contributed by atoms with van der Waals surface area (Å²) in [5.74, 6) is 0. The van der Waals surface area contributed by atoms with Crippen molar-refractivity contribution in [3.8, 4) is 0 Å². The van der Waals surface area contributed by atoms with Crippen LogP contribution in [0.15, 0.2) is 24.3 Å². The Morgan fingerprint density at radius 2 is 2.17 bits per heavy atom. The number of nitrogens with one attached hydrogen (secondary N) is 1. The summed E-state index contributed by atoms with van der Waals surface area (Å²) in [6, 6.07) is 8.27. The molecule has 0 radical (unpaired) electrons. The van der Waals surface area contributed by atoms with E-state index in [9.17, 15) is 0 Å². The molecule has 0 aliphatic carbocycles. The van der Waals surface area contributed by atoms with Gasteiger partial charge in [0.25, 0.3) is 0 Å². The Morgan fingerprint density at radius 3 is 2.72 bits per heavy atom. The zero-order valence-corrected chi connectivity index (χ0v) is 12.0. The van der Waals surface area contributed by atoms with Crippen LogP contribution in [0.3, 0.4) is 0 Å². The molecule has 0 aromatic heterocycles. The minimum Gasteiger partial charge on any atom is -0.395 e. The maximum absolute atomic E-state index is 8.97. The zero-order valence-electron chi connectivity index (χ0n) is 11.2. The molecule has 0 aliphatic rings. The maximum atomic E-state index is 8.97. The number of hydrogen-bond acceptors (Lipinski definition) is 3. The summed E-state index contributed by atoms with van der Waals surface area (Å²) < 4.78 is 0. The van der Waals surface area contributed by atoms with E-state index >= 15 is 0 Å². The molecule has 0 amide bonds. The Labute approximate surface area is 115 Å². The molecule has 0 aliphatic heterocycles. The zero-order chi connectivity index (χ0) is 13.4. The lowest BCUT2D eigenvalue weighted by molar-refractivity contribution is 0.196. The van der Waals surface area contributed by atoms with Crippen LogP contribution in [0, 0.1) is 0 Å². The van der Waals surface area contributed by atoms with E-state index in [4.69, 9.17) is 16.7 Å². The summed E-state index contributed by atoms with van der Waals surface area (Å²) in [6.07, 6.45) is 1.00. The van der Waals surface area contributed by atoms with Gasteiger partial charge in [0, 0.05) is 24.2 Å². The fourth-order valence-electron chi connectivity index (χ4n) is 2.08. The molecule has 0 saturated heterocycles. The number of hydrogen-bond donors (Lipinski definition) is 2. The average Bonchev–Trinajstić information content (AvgIpc) is 2.38. The second kappa shape index (κ2) is 8.48. The second-order valence-electron chi connectivity index (χ2n) is 4.34. The molecule has 1 atom stereocenters. The highest BCUT2D eigenvalue weighted by atomic mass is 35.5. The van der Waals surface area contributed by atoms with Crippen molar-refractivity contribution in [3.05, 3.63) is 34.9 Å². The molecule has 0 fully saturated rings. The van der Waals surface area contributed by atoms with Crippen LogP contribution in [0.5, 0.6) is 0 Å². The van der Waals surface area contributed by atoms with Crippen molar-refractivity contribution in [2.75, 3.05) is 33.3 Å². The van der Waals surface area contributed by atoms with Crippen LogP contribution in [0.1, 0.15) is 24.9 Å². The highest BCUT2D eigenvalue weighted by Gasteiger charge is 2.11. The normalized spacial score (nSPS) is 12.9. The van der Waals surface area contributed by atoms with Gasteiger partial charge in [0.1, 0.15) is 0 Å². The van der Waals surface area contributed by atoms with Crippen LogP contribution in [-0.4, -0.2) is 43.3 Å². The second-order valence-corrected chi connectivity index (χ2v) is 4.78. The number of likely N-dealkylation sites (N-methyl/N-ethyl adjacent to an activating group) is 1. The van der Waals surface area contributed by atoms with E-state index in [2.05, 4.69) is 23.2 Å². The molecule has 3 nitrogen and oxygen atoms in total. The first-order valence-electron chi connectivity index (χ1n) is 6.47. The molecule has 0 spiro atoms. The van der Waals surface area contributed by atoms with Crippen LogP contribution in [-0.2, 0) is 0 Å². The smallest absolute Gasteiger partial charge is 0.0558 e. The third kappa shape index (κ3) is 4.94. The lowest BCUT2D eigenvalue weighted by Crippen LogP contribution is -2.30. The summed E-state index contributed by atoms with van der Waals surface area (Å²) in [5, 5.41) is 13.1. The maximum Gasteiger partial charge on any atom is 0.0558 e. The standard InChI is InChI=1S/C14H23ClN2O/c1-3-17(9-10-18)8-7-14(16-2)12-5-4-6-13(15)11-12/h4-6,11,14,16,18H,3,7-10H2,1-2H3. The number of rotatable bonds is 8. The molecule has 102 valence electrons. The molecule has 1 rings (SSSR count). The van der Waals surface area contributed by atoms with E-state index in [-0.39, 0.29) is 6.61 Å². The Hall–Kier alpha value is -0.610. The van der Waals surface area contributed by atoms with E-state index in [1.165, 1.54) is 5.56 Å². The van der Waals surface area contributed by atoms with Crippen molar-refractivity contribution >= 4 is 11.6 Å². The average molecular weight is 271 g/mol. The molecular weight excluding hydrogens is 248 g/mol. The Morgan fingerprint density at radius 1 is 1.39 bits per heavy atom. The molecular formula is C14H23ClN2O. The predicted molar refractivity (Wildman–Crippen MR) is 77.1 cm³/mol. The van der Waals surface area contributed by atoms with Crippen LogP contribution in [0.2, 0.25) is 5.02 Å². The summed E-state index contributed by atoms with van der Waals surface area (Å²) in [5.41, 5.74) is 1.21. The third-order valence-corrected chi connectivity index (χ3v) is 3.43. The third-order valence-electron chi connectivity index (χ3n) is 3.20. The molecule has 0 heterocycles. The number of benzene rings is 1. The van der Waals surface area contributed by atoms with Gasteiger partial charge in [0.15, 0.2) is 0 Å². The lowest BCUT2D eigenvalue weighted by atomic mass is 10.0. The summed E-state index contributed by atoms with van der Waals surface area (Å²) in [4.78, 5) is 2.24. The summed E-state index contributed by atoms with van der Waals surface area (Å²) in [6.45, 7) is 5.00. The van der Waals surface area contributed by atoms with Gasteiger partial charge in [0.05, 0.1) is 6.61 Å². The van der Waals surface area contributed by atoms with E-state index in [0.29, 0.717) is 6.04 Å². The van der Waals surface area contributed by atoms with Crippen molar-refractivity contribution in [1.29, 1.82) is 0 Å². The van der Waals surface area contributed by atoms with Gasteiger partial charge < -0.3 is 15.3 Å². The van der Waals surface area contributed by atoms with Crippen LogP contribution in [0.4, 0.5) is 0 Å². The quantitative estimate of drug-likeness (QED) is 0.761. The highest BCUT2D eigenvalue weighted by molar-refractivity contribution is 6.30. The molecule has 1 aromatic carbocycles. The fourth-order valence-corrected chi connectivity index (χ4v) is 2.28. The number of aliphatic hydroxyl groups excluding tert-OH is 1. The Balaban J connectivity index is 2.56. The van der Waals surface area contributed by atoms with E-state index in [0.717, 1.165) is 31.1 Å². The highest BCUT2D eigenvalue weighted by Crippen LogP contribution is 2.20. The lowest BCUT2D eigenvalue weighted by Gasteiger charge is -2.23. The Kier molecular flexibility index (Phi) is 7.28. The van der Waals surface area contributed by atoms with Gasteiger partial charge >= 0.3 is 0 Å². The first-order valence-corrected chi connectivity index (χ1v) is 6.85. The van der Waals surface area contributed by atoms with E-state index in [1.54, 1.807) is 0 Å². The minimum atomic E-state index is 0.217. The van der Waals surface area contributed by atoms with E-state index in [1.807, 2.05) is 25.2 Å². The number of nitrogens with zero attached hydrogens (tertiary/aromatic N) is 1. The monoisotopic (exact) mass is 270 g/mol. The minimum absolute atomic E-state index is 0.217. The predicted octanol–water partition coefficient (Wildman–Crippen LogP) is 2.30. The molecule has 18 heavy (non-hydrogen) atoms. The van der Waals surface area contributed by atoms with Crippen molar-refractivity contribution in [2.24, 2.45) is 0 Å².